The van der Waals surface area contributed by atoms with E-state index in [1.165, 1.54) is 0 Å². The van der Waals surface area contributed by atoms with Gasteiger partial charge in [-0.15, -0.1) is 0 Å². The second-order valence-corrected chi connectivity index (χ2v) is 4.57. The van der Waals surface area contributed by atoms with Gasteiger partial charge in [-0.25, -0.2) is 0 Å². The van der Waals surface area contributed by atoms with E-state index in [-0.39, 0.29) is 12.4 Å². The number of aliphatic hydroxyl groups excluding tert-OH is 2. The van der Waals surface area contributed by atoms with E-state index in [0.29, 0.717) is 5.75 Å². The lowest BCUT2D eigenvalue weighted by molar-refractivity contribution is 0.113. The molecule has 0 heterocycles. The van der Waals surface area contributed by atoms with Gasteiger partial charge in [-0.2, -0.15) is 0 Å². The molecule has 0 saturated carbocycles. The van der Waals surface area contributed by atoms with Crippen LogP contribution < -0.4 is 0 Å². The first-order valence-electron chi connectivity index (χ1n) is 4.40. The first-order chi connectivity index (χ1) is 6.72. The Bertz CT molecular complexity index is 287. The third-order valence-corrected chi connectivity index (χ3v) is 3.17. The summed E-state index contributed by atoms with van der Waals surface area (Å²) in [6.07, 6.45) is -0.875. The van der Waals surface area contributed by atoms with Gasteiger partial charge in [-0.3, -0.25) is 4.21 Å². The van der Waals surface area contributed by atoms with Crippen LogP contribution in [-0.2, 0) is 16.6 Å². The Morgan fingerprint density at radius 3 is 2.50 bits per heavy atom. The molecular weight excluding hydrogens is 200 g/mol. The van der Waals surface area contributed by atoms with E-state index >= 15 is 0 Å². The van der Waals surface area contributed by atoms with Crippen molar-refractivity contribution in [3.63, 3.8) is 0 Å². The van der Waals surface area contributed by atoms with Gasteiger partial charge in [0.25, 0.3) is 0 Å². The Hall–Kier alpha value is -0.710. The summed E-state index contributed by atoms with van der Waals surface area (Å²) in [5.74, 6) is 0.559. The van der Waals surface area contributed by atoms with E-state index in [2.05, 4.69) is 0 Å². The molecule has 0 fully saturated rings. The van der Waals surface area contributed by atoms with Crippen LogP contribution in [0.3, 0.4) is 0 Å². The maximum absolute atomic E-state index is 11.4. The van der Waals surface area contributed by atoms with Crippen molar-refractivity contribution in [2.24, 2.45) is 0 Å². The van der Waals surface area contributed by atoms with E-state index in [1.807, 2.05) is 30.3 Å². The third-order valence-electron chi connectivity index (χ3n) is 1.76. The maximum Gasteiger partial charge on any atom is 0.0885 e. The molecule has 14 heavy (non-hydrogen) atoms. The molecule has 0 aliphatic rings. The van der Waals surface area contributed by atoms with Gasteiger partial charge in [0.15, 0.2) is 0 Å². The highest BCUT2D eigenvalue weighted by atomic mass is 32.2. The zero-order valence-electron chi connectivity index (χ0n) is 7.80. The topological polar surface area (TPSA) is 57.5 Å². The highest BCUT2D eigenvalue weighted by molar-refractivity contribution is 7.84. The minimum absolute atomic E-state index is 0.130. The van der Waals surface area contributed by atoms with Crippen LogP contribution in [-0.4, -0.2) is 32.9 Å². The fraction of sp³-hybridized carbons (Fsp3) is 0.400. The van der Waals surface area contributed by atoms with E-state index < -0.39 is 16.9 Å². The lowest BCUT2D eigenvalue weighted by atomic mass is 10.2. The molecule has 0 saturated heterocycles. The zero-order chi connectivity index (χ0) is 10.4. The maximum atomic E-state index is 11.4. The average Bonchev–Trinajstić information content (AvgIpc) is 2.19. The van der Waals surface area contributed by atoms with Gasteiger partial charge in [0, 0.05) is 16.6 Å². The summed E-state index contributed by atoms with van der Waals surface area (Å²) in [5.41, 5.74) is 0.982. The molecule has 2 atom stereocenters. The van der Waals surface area contributed by atoms with Crippen molar-refractivity contribution in [2.45, 2.75) is 11.9 Å². The van der Waals surface area contributed by atoms with Gasteiger partial charge in [-0.05, 0) is 5.56 Å². The summed E-state index contributed by atoms with van der Waals surface area (Å²) < 4.78 is 11.4. The van der Waals surface area contributed by atoms with Crippen molar-refractivity contribution in [1.82, 2.24) is 0 Å². The fourth-order valence-corrected chi connectivity index (χ4v) is 2.30. The molecule has 4 heteroatoms. The molecule has 0 radical (unpaired) electrons. The van der Waals surface area contributed by atoms with Crippen LogP contribution in [0.15, 0.2) is 30.3 Å². The van der Waals surface area contributed by atoms with Crippen LogP contribution in [0.2, 0.25) is 0 Å². The Kier molecular flexibility index (Phi) is 4.79. The second kappa shape index (κ2) is 5.90. The minimum atomic E-state index is -1.11. The second-order valence-electron chi connectivity index (χ2n) is 3.07. The molecule has 1 aromatic carbocycles. The molecule has 0 aliphatic heterocycles. The predicted octanol–water partition coefficient (Wildman–Crippen LogP) is 0.289. The van der Waals surface area contributed by atoms with Crippen molar-refractivity contribution >= 4 is 10.8 Å². The van der Waals surface area contributed by atoms with E-state index in [1.54, 1.807) is 0 Å². The van der Waals surface area contributed by atoms with Crippen LogP contribution in [0.1, 0.15) is 5.56 Å². The zero-order valence-corrected chi connectivity index (χ0v) is 8.61. The highest BCUT2D eigenvalue weighted by Crippen LogP contribution is 2.03. The molecule has 0 aromatic heterocycles. The number of rotatable bonds is 5. The number of aliphatic hydroxyl groups is 2. The molecule has 1 aromatic rings. The Labute approximate surface area is 85.9 Å². The minimum Gasteiger partial charge on any atom is -0.394 e. The van der Waals surface area contributed by atoms with Gasteiger partial charge >= 0.3 is 0 Å². The summed E-state index contributed by atoms with van der Waals surface area (Å²) in [5, 5.41) is 17.6. The van der Waals surface area contributed by atoms with Crippen molar-refractivity contribution in [2.75, 3.05) is 12.4 Å². The molecule has 1 rings (SSSR count). The van der Waals surface area contributed by atoms with Crippen LogP contribution in [0, 0.1) is 0 Å². The van der Waals surface area contributed by atoms with Crippen LogP contribution in [0.4, 0.5) is 0 Å². The lowest BCUT2D eigenvalue weighted by Gasteiger charge is -2.06. The van der Waals surface area contributed by atoms with Crippen molar-refractivity contribution in [3.05, 3.63) is 35.9 Å². The van der Waals surface area contributed by atoms with E-state index in [9.17, 15) is 4.21 Å². The van der Waals surface area contributed by atoms with Crippen molar-refractivity contribution in [1.29, 1.82) is 0 Å². The molecule has 0 amide bonds. The molecule has 3 nitrogen and oxygen atoms in total. The summed E-state index contributed by atoms with van der Waals surface area (Å²) in [6.45, 7) is -0.333. The van der Waals surface area contributed by atoms with Gasteiger partial charge < -0.3 is 10.2 Å². The smallest absolute Gasteiger partial charge is 0.0885 e. The third kappa shape index (κ3) is 4.00. The van der Waals surface area contributed by atoms with E-state index in [0.717, 1.165) is 5.56 Å². The Balaban J connectivity index is 2.42. The summed E-state index contributed by atoms with van der Waals surface area (Å²) >= 11 is 0. The largest absolute Gasteiger partial charge is 0.394 e. The average molecular weight is 214 g/mol. The first kappa shape index (κ1) is 11.4. The quantitative estimate of drug-likeness (QED) is 0.740. The first-order valence-corrected chi connectivity index (χ1v) is 5.89. The molecular formula is C10H14O3S. The fourth-order valence-electron chi connectivity index (χ4n) is 1.09. The standard InChI is InChI=1S/C10H14O3S/c11-6-10(12)8-14(13)7-9-4-2-1-3-5-9/h1-5,10-12H,6-8H2. The summed E-state index contributed by atoms with van der Waals surface area (Å²) in [4.78, 5) is 0. The van der Waals surface area contributed by atoms with Gasteiger partial charge in [0.2, 0.25) is 0 Å². The monoisotopic (exact) mass is 214 g/mol. The molecule has 78 valence electrons. The normalized spacial score (nSPS) is 15.0. The van der Waals surface area contributed by atoms with E-state index in [4.69, 9.17) is 10.2 Å². The summed E-state index contributed by atoms with van der Waals surface area (Å²) in [6, 6.07) is 9.45. The number of benzene rings is 1. The van der Waals surface area contributed by atoms with Crippen LogP contribution in [0.5, 0.6) is 0 Å². The number of hydrogen-bond donors (Lipinski definition) is 2. The molecule has 2 unspecified atom stereocenters. The molecule has 2 N–H and O–H groups in total. The van der Waals surface area contributed by atoms with Gasteiger partial charge in [0.1, 0.15) is 0 Å². The van der Waals surface area contributed by atoms with Crippen molar-refractivity contribution in [3.8, 4) is 0 Å². The van der Waals surface area contributed by atoms with Crippen LogP contribution >= 0.6 is 0 Å². The molecule has 0 bridgehead atoms. The summed E-state index contributed by atoms with van der Waals surface area (Å²) in [7, 11) is -1.11. The van der Waals surface area contributed by atoms with Crippen molar-refractivity contribution < 1.29 is 14.4 Å². The van der Waals surface area contributed by atoms with Gasteiger partial charge in [-0.1, -0.05) is 30.3 Å². The number of hydrogen-bond acceptors (Lipinski definition) is 3. The van der Waals surface area contributed by atoms with Gasteiger partial charge in [0.05, 0.1) is 18.5 Å². The predicted molar refractivity (Wildman–Crippen MR) is 56.2 cm³/mol. The molecule has 0 spiro atoms. The SMILES string of the molecule is O=S(Cc1ccccc1)CC(O)CO. The Morgan fingerprint density at radius 2 is 1.93 bits per heavy atom. The Morgan fingerprint density at radius 1 is 1.29 bits per heavy atom. The van der Waals surface area contributed by atoms with Crippen LogP contribution in [0.25, 0.3) is 0 Å². The highest BCUT2D eigenvalue weighted by Gasteiger charge is 2.08. The molecule has 0 aliphatic carbocycles. The lowest BCUT2D eigenvalue weighted by Crippen LogP contribution is -2.21.